The van der Waals surface area contributed by atoms with Crippen LogP contribution in [0.5, 0.6) is 0 Å². The fourth-order valence-corrected chi connectivity index (χ4v) is 4.04. The fourth-order valence-electron chi connectivity index (χ4n) is 2.08. The van der Waals surface area contributed by atoms with E-state index in [4.69, 9.17) is 0 Å². The zero-order valence-corrected chi connectivity index (χ0v) is 12.9. The Kier molecular flexibility index (Phi) is 4.47. The van der Waals surface area contributed by atoms with Gasteiger partial charge in [-0.25, -0.2) is 12.8 Å². The lowest BCUT2D eigenvalue weighted by atomic mass is 10.2. The minimum atomic E-state index is -3.48. The number of halogens is 2. The Labute approximate surface area is 121 Å². The maximum absolute atomic E-state index is 13.5. The molecule has 106 valence electrons. The Balaban J connectivity index is 2.22. The summed E-state index contributed by atoms with van der Waals surface area (Å²) in [5, 5.41) is 2.60. The molecule has 19 heavy (non-hydrogen) atoms. The average molecular weight is 351 g/mol. The van der Waals surface area contributed by atoms with E-state index in [9.17, 15) is 12.8 Å². The van der Waals surface area contributed by atoms with Crippen molar-refractivity contribution in [3.63, 3.8) is 0 Å². The highest BCUT2D eigenvalue weighted by molar-refractivity contribution is 9.10. The molecule has 4 nitrogen and oxygen atoms in total. The van der Waals surface area contributed by atoms with Crippen LogP contribution in [0.4, 0.5) is 10.1 Å². The molecule has 0 radical (unpaired) electrons. The first-order valence-corrected chi connectivity index (χ1v) is 8.42. The van der Waals surface area contributed by atoms with E-state index in [1.165, 1.54) is 6.07 Å². The molecule has 0 aromatic heterocycles. The molecule has 1 heterocycles. The van der Waals surface area contributed by atoms with Crippen LogP contribution in [0.1, 0.15) is 18.4 Å². The van der Waals surface area contributed by atoms with Gasteiger partial charge in [-0.1, -0.05) is 0 Å². The normalized spacial score (nSPS) is 20.3. The summed E-state index contributed by atoms with van der Waals surface area (Å²) >= 11 is 3.07. The summed E-state index contributed by atoms with van der Waals surface area (Å²) in [6.45, 7) is 3.02. The van der Waals surface area contributed by atoms with Crippen molar-refractivity contribution >= 4 is 31.6 Å². The van der Waals surface area contributed by atoms with Crippen LogP contribution in [0.3, 0.4) is 0 Å². The van der Waals surface area contributed by atoms with Crippen molar-refractivity contribution in [2.45, 2.75) is 25.0 Å². The molecule has 0 spiro atoms. The summed E-state index contributed by atoms with van der Waals surface area (Å²) in [7, 11) is -3.48. The Bertz CT molecular complexity index is 571. The largest absolute Gasteiger partial charge is 0.315 e. The number of sulfonamides is 1. The third-order valence-electron chi connectivity index (χ3n) is 3.21. The van der Waals surface area contributed by atoms with E-state index in [1.54, 1.807) is 13.0 Å². The summed E-state index contributed by atoms with van der Waals surface area (Å²) in [6.07, 6.45) is 1.46. The van der Waals surface area contributed by atoms with E-state index in [0.29, 0.717) is 28.7 Å². The molecule has 1 saturated heterocycles. The van der Waals surface area contributed by atoms with Gasteiger partial charge in [0, 0.05) is 6.54 Å². The molecule has 1 aromatic carbocycles. The van der Waals surface area contributed by atoms with Gasteiger partial charge in [-0.3, -0.25) is 4.72 Å². The van der Waals surface area contributed by atoms with E-state index >= 15 is 0 Å². The zero-order chi connectivity index (χ0) is 14.0. The number of rotatable bonds is 3. The van der Waals surface area contributed by atoms with Crippen LogP contribution in [0.15, 0.2) is 16.6 Å². The van der Waals surface area contributed by atoms with Gasteiger partial charge in [-0.2, -0.15) is 0 Å². The molecule has 1 aliphatic rings. The number of aryl methyl sites for hydroxylation is 1. The first-order valence-electron chi connectivity index (χ1n) is 6.08. The summed E-state index contributed by atoms with van der Waals surface area (Å²) in [6, 6.07) is 2.76. The number of hydrogen-bond donors (Lipinski definition) is 2. The van der Waals surface area contributed by atoms with Gasteiger partial charge in [0.25, 0.3) is 0 Å². The van der Waals surface area contributed by atoms with Crippen molar-refractivity contribution in [3.8, 4) is 0 Å². The molecular weight excluding hydrogens is 335 g/mol. The number of piperidine rings is 1. The standard InChI is InChI=1S/C12H16BrFN2O2S/c1-8-5-10(13)11(14)6-12(8)16-19(17,18)9-3-2-4-15-7-9/h5-6,9,15-16H,2-4,7H2,1H3. The lowest BCUT2D eigenvalue weighted by molar-refractivity contribution is 0.499. The van der Waals surface area contributed by atoms with Crippen molar-refractivity contribution in [3.05, 3.63) is 28.0 Å². The average Bonchev–Trinajstić information content (AvgIpc) is 2.37. The first-order chi connectivity index (χ1) is 8.90. The highest BCUT2D eigenvalue weighted by Crippen LogP contribution is 2.26. The van der Waals surface area contributed by atoms with Crippen molar-refractivity contribution in [2.75, 3.05) is 17.8 Å². The second kappa shape index (κ2) is 5.76. The lowest BCUT2D eigenvalue weighted by Gasteiger charge is -2.24. The number of nitrogens with one attached hydrogen (secondary N) is 2. The van der Waals surface area contributed by atoms with Crippen LogP contribution in [0, 0.1) is 12.7 Å². The van der Waals surface area contributed by atoms with Crippen molar-refractivity contribution in [2.24, 2.45) is 0 Å². The number of benzene rings is 1. The van der Waals surface area contributed by atoms with Crippen LogP contribution in [-0.2, 0) is 10.0 Å². The minimum Gasteiger partial charge on any atom is -0.315 e. The van der Waals surface area contributed by atoms with E-state index in [1.807, 2.05) is 0 Å². The van der Waals surface area contributed by atoms with Gasteiger partial charge in [0.05, 0.1) is 15.4 Å². The van der Waals surface area contributed by atoms with Gasteiger partial charge in [-0.05, 0) is 59.9 Å². The SMILES string of the molecule is Cc1cc(Br)c(F)cc1NS(=O)(=O)C1CCCNC1. The second-order valence-corrected chi connectivity index (χ2v) is 7.51. The topological polar surface area (TPSA) is 58.2 Å². The van der Waals surface area contributed by atoms with Crippen molar-refractivity contribution in [1.82, 2.24) is 5.32 Å². The van der Waals surface area contributed by atoms with Gasteiger partial charge in [0.2, 0.25) is 10.0 Å². The fraction of sp³-hybridized carbons (Fsp3) is 0.500. The predicted molar refractivity (Wildman–Crippen MR) is 77.3 cm³/mol. The monoisotopic (exact) mass is 350 g/mol. The molecule has 1 atom stereocenters. The van der Waals surface area contributed by atoms with Gasteiger partial charge in [-0.15, -0.1) is 0 Å². The Morgan fingerprint density at radius 3 is 2.84 bits per heavy atom. The molecule has 1 aliphatic heterocycles. The number of anilines is 1. The van der Waals surface area contributed by atoms with Gasteiger partial charge >= 0.3 is 0 Å². The first kappa shape index (κ1) is 14.7. The predicted octanol–water partition coefficient (Wildman–Crippen LogP) is 2.39. The zero-order valence-electron chi connectivity index (χ0n) is 10.5. The Morgan fingerprint density at radius 1 is 1.47 bits per heavy atom. The minimum absolute atomic E-state index is 0.297. The maximum atomic E-state index is 13.5. The van der Waals surface area contributed by atoms with Gasteiger partial charge < -0.3 is 5.32 Å². The maximum Gasteiger partial charge on any atom is 0.236 e. The van der Waals surface area contributed by atoms with Crippen LogP contribution < -0.4 is 10.0 Å². The summed E-state index contributed by atoms with van der Waals surface area (Å²) < 4.78 is 40.7. The van der Waals surface area contributed by atoms with Crippen LogP contribution in [0.25, 0.3) is 0 Å². The molecule has 0 bridgehead atoms. The highest BCUT2D eigenvalue weighted by Gasteiger charge is 2.27. The van der Waals surface area contributed by atoms with Gasteiger partial charge in [0.15, 0.2) is 0 Å². The molecule has 0 aliphatic carbocycles. The molecule has 0 saturated carbocycles. The van der Waals surface area contributed by atoms with Crippen molar-refractivity contribution < 1.29 is 12.8 Å². The van der Waals surface area contributed by atoms with E-state index in [0.717, 1.165) is 13.0 Å². The molecule has 1 unspecified atom stereocenters. The second-order valence-electron chi connectivity index (χ2n) is 4.70. The summed E-state index contributed by atoms with van der Waals surface area (Å²) in [4.78, 5) is 0. The summed E-state index contributed by atoms with van der Waals surface area (Å²) in [5.74, 6) is -0.481. The van der Waals surface area contributed by atoms with Crippen molar-refractivity contribution in [1.29, 1.82) is 0 Å². The molecule has 7 heteroatoms. The smallest absolute Gasteiger partial charge is 0.236 e. The molecule has 2 N–H and O–H groups in total. The van der Waals surface area contributed by atoms with E-state index < -0.39 is 21.1 Å². The highest BCUT2D eigenvalue weighted by atomic mass is 79.9. The van der Waals surface area contributed by atoms with Gasteiger partial charge in [0.1, 0.15) is 5.82 Å². The molecule has 0 amide bonds. The van der Waals surface area contributed by atoms with Crippen LogP contribution >= 0.6 is 15.9 Å². The van der Waals surface area contributed by atoms with E-state index in [-0.39, 0.29) is 0 Å². The van der Waals surface area contributed by atoms with Crippen LogP contribution in [-0.4, -0.2) is 26.8 Å². The molecule has 1 fully saturated rings. The third-order valence-corrected chi connectivity index (χ3v) is 5.60. The quantitative estimate of drug-likeness (QED) is 0.879. The summed E-state index contributed by atoms with van der Waals surface area (Å²) in [5.41, 5.74) is 0.979. The Morgan fingerprint density at radius 2 is 2.21 bits per heavy atom. The molecule has 1 aromatic rings. The van der Waals surface area contributed by atoms with Crippen LogP contribution in [0.2, 0.25) is 0 Å². The third kappa shape index (κ3) is 3.46. The Hall–Kier alpha value is -0.660. The lowest BCUT2D eigenvalue weighted by Crippen LogP contribution is -2.41. The molecule has 2 rings (SSSR count). The number of hydrogen-bond acceptors (Lipinski definition) is 3. The molecular formula is C12H16BrFN2O2S. The van der Waals surface area contributed by atoms with E-state index in [2.05, 4.69) is 26.0 Å².